The number of nitrogens with one attached hydrogen (secondary N) is 1. The number of hydrogen-bond donors (Lipinski definition) is 2. The maximum atomic E-state index is 11.5. The van der Waals surface area contributed by atoms with Gasteiger partial charge in [-0.25, -0.2) is 5.06 Å². The molecule has 0 heterocycles. The van der Waals surface area contributed by atoms with Crippen molar-refractivity contribution in [2.45, 2.75) is 52.4 Å². The lowest BCUT2D eigenvalue weighted by Gasteiger charge is -2.16. The number of hydroxylamine groups is 2. The van der Waals surface area contributed by atoms with Gasteiger partial charge in [0, 0.05) is 25.9 Å². The van der Waals surface area contributed by atoms with Gasteiger partial charge in [-0.2, -0.15) is 0 Å². The van der Waals surface area contributed by atoms with Gasteiger partial charge in [-0.1, -0.05) is 13.8 Å². The minimum Gasteiger partial charge on any atom is -0.469 e. The second-order valence-electron chi connectivity index (χ2n) is 5.60. The molecule has 2 N–H and O–H groups in total. The summed E-state index contributed by atoms with van der Waals surface area (Å²) in [6, 6.07) is 0. The van der Waals surface area contributed by atoms with Crippen molar-refractivity contribution >= 4 is 17.8 Å². The van der Waals surface area contributed by atoms with Crippen molar-refractivity contribution in [3.63, 3.8) is 0 Å². The molecule has 0 aromatic heterocycles. The molecule has 0 aromatic rings. The van der Waals surface area contributed by atoms with E-state index in [0.717, 1.165) is 17.9 Å². The van der Waals surface area contributed by atoms with Gasteiger partial charge in [-0.15, -0.1) is 0 Å². The summed E-state index contributed by atoms with van der Waals surface area (Å²) in [6.45, 7) is 4.68. The lowest BCUT2D eigenvalue weighted by atomic mass is 10.1. The minimum atomic E-state index is -0.399. The fraction of sp³-hybridized carbons (Fsp3) is 0.800. The van der Waals surface area contributed by atoms with Crippen LogP contribution < -0.4 is 5.32 Å². The van der Waals surface area contributed by atoms with E-state index in [2.05, 4.69) is 10.1 Å². The highest BCUT2D eigenvalue weighted by Gasteiger charge is 2.12. The highest BCUT2D eigenvalue weighted by Crippen LogP contribution is 2.04. The number of rotatable bonds is 11. The molecule has 0 fully saturated rings. The first kappa shape index (κ1) is 20.4. The van der Waals surface area contributed by atoms with Gasteiger partial charge in [0.25, 0.3) is 0 Å². The molecule has 128 valence electrons. The van der Waals surface area contributed by atoms with E-state index in [1.807, 2.05) is 13.8 Å². The Morgan fingerprint density at radius 1 is 1.14 bits per heavy atom. The zero-order valence-electron chi connectivity index (χ0n) is 13.8. The third-order valence-corrected chi connectivity index (χ3v) is 3.02. The minimum absolute atomic E-state index is 0.0831. The van der Waals surface area contributed by atoms with Crippen molar-refractivity contribution in [2.24, 2.45) is 5.92 Å². The van der Waals surface area contributed by atoms with Crippen LogP contribution in [-0.2, 0) is 19.1 Å². The lowest BCUT2D eigenvalue weighted by Crippen LogP contribution is -2.29. The van der Waals surface area contributed by atoms with Gasteiger partial charge in [0.15, 0.2) is 0 Å². The second-order valence-corrected chi connectivity index (χ2v) is 5.60. The van der Waals surface area contributed by atoms with Crippen LogP contribution in [0.4, 0.5) is 0 Å². The van der Waals surface area contributed by atoms with Crippen molar-refractivity contribution in [1.82, 2.24) is 10.4 Å². The summed E-state index contributed by atoms with van der Waals surface area (Å²) in [6.07, 6.45) is 2.78. The number of unbranched alkanes of at least 4 members (excludes halogenated alkanes) is 2. The summed E-state index contributed by atoms with van der Waals surface area (Å²) >= 11 is 0. The van der Waals surface area contributed by atoms with Crippen LogP contribution in [0.15, 0.2) is 0 Å². The van der Waals surface area contributed by atoms with E-state index in [1.54, 1.807) is 0 Å². The third kappa shape index (κ3) is 11.1. The summed E-state index contributed by atoms with van der Waals surface area (Å²) in [5.41, 5.74) is 0. The Kier molecular flexibility index (Phi) is 11.1. The summed E-state index contributed by atoms with van der Waals surface area (Å²) < 4.78 is 4.45. The van der Waals surface area contributed by atoms with E-state index in [4.69, 9.17) is 0 Å². The third-order valence-electron chi connectivity index (χ3n) is 3.02. The number of methoxy groups -OCH3 is 1. The number of hydrogen-bond acceptors (Lipinski definition) is 5. The molecule has 0 bridgehead atoms. The maximum Gasteiger partial charge on any atom is 0.306 e. The molecule has 7 nitrogen and oxygen atoms in total. The number of ether oxygens (including phenoxy) is 1. The molecule has 0 saturated carbocycles. The van der Waals surface area contributed by atoms with Crippen molar-refractivity contribution in [3.8, 4) is 0 Å². The maximum absolute atomic E-state index is 11.5. The molecular weight excluding hydrogens is 288 g/mol. The zero-order chi connectivity index (χ0) is 17.0. The normalized spacial score (nSPS) is 10.4. The highest BCUT2D eigenvalue weighted by atomic mass is 16.5. The molecule has 2 amide bonds. The van der Waals surface area contributed by atoms with Crippen LogP contribution in [0, 0.1) is 5.92 Å². The van der Waals surface area contributed by atoms with Gasteiger partial charge >= 0.3 is 5.97 Å². The van der Waals surface area contributed by atoms with Gasteiger partial charge in [0.05, 0.1) is 13.5 Å². The van der Waals surface area contributed by atoms with E-state index in [1.165, 1.54) is 7.11 Å². The highest BCUT2D eigenvalue weighted by molar-refractivity contribution is 5.81. The van der Waals surface area contributed by atoms with Crippen LogP contribution in [0.25, 0.3) is 0 Å². The van der Waals surface area contributed by atoms with Crippen molar-refractivity contribution in [1.29, 1.82) is 0 Å². The predicted octanol–water partition coefficient (Wildman–Crippen LogP) is 1.49. The van der Waals surface area contributed by atoms with Gasteiger partial charge < -0.3 is 10.1 Å². The molecule has 22 heavy (non-hydrogen) atoms. The van der Waals surface area contributed by atoms with Crippen LogP contribution >= 0.6 is 0 Å². The van der Waals surface area contributed by atoms with Crippen LogP contribution in [-0.4, -0.2) is 48.3 Å². The number of nitrogens with zero attached hydrogens (tertiary/aromatic N) is 1. The van der Waals surface area contributed by atoms with Gasteiger partial charge in [0.1, 0.15) is 0 Å². The van der Waals surface area contributed by atoms with E-state index in [0.29, 0.717) is 25.9 Å². The quantitative estimate of drug-likeness (QED) is 0.260. The van der Waals surface area contributed by atoms with Crippen LogP contribution in [0.1, 0.15) is 52.4 Å². The fourth-order valence-corrected chi connectivity index (χ4v) is 1.78. The van der Waals surface area contributed by atoms with Gasteiger partial charge in [-0.3, -0.25) is 19.6 Å². The van der Waals surface area contributed by atoms with Crippen LogP contribution in [0.5, 0.6) is 0 Å². The van der Waals surface area contributed by atoms with Crippen LogP contribution in [0.3, 0.4) is 0 Å². The smallest absolute Gasteiger partial charge is 0.306 e. The number of amides is 2. The van der Waals surface area contributed by atoms with E-state index < -0.39 is 5.97 Å². The molecule has 0 atom stereocenters. The van der Waals surface area contributed by atoms with E-state index in [9.17, 15) is 19.6 Å². The summed E-state index contributed by atoms with van der Waals surface area (Å²) in [5, 5.41) is 13.0. The molecule has 0 unspecified atom stereocenters. The SMILES string of the molecule is COC(=O)CCC(=O)NCCCCCN(O)C(=O)CC(C)C. The Balaban J connectivity index is 3.55. The average molecular weight is 316 g/mol. The zero-order valence-corrected chi connectivity index (χ0v) is 13.8. The monoisotopic (exact) mass is 316 g/mol. The Hall–Kier alpha value is -1.63. The van der Waals surface area contributed by atoms with E-state index in [-0.39, 0.29) is 30.6 Å². The van der Waals surface area contributed by atoms with E-state index >= 15 is 0 Å². The van der Waals surface area contributed by atoms with Gasteiger partial charge in [0.2, 0.25) is 11.8 Å². The average Bonchev–Trinajstić information content (AvgIpc) is 2.47. The topological polar surface area (TPSA) is 95.9 Å². The second kappa shape index (κ2) is 12.0. The first-order chi connectivity index (χ1) is 10.4. The molecule has 0 spiro atoms. The molecular formula is C15H28N2O5. The Labute approximate surface area is 132 Å². The Morgan fingerprint density at radius 3 is 2.41 bits per heavy atom. The molecule has 0 radical (unpaired) electrons. The predicted molar refractivity (Wildman–Crippen MR) is 81.1 cm³/mol. The summed E-state index contributed by atoms with van der Waals surface area (Å²) in [7, 11) is 1.29. The standard InChI is InChI=1S/C15H28N2O5/c1-12(2)11-14(19)17(21)10-6-4-5-9-16-13(18)7-8-15(20)22-3/h12,21H,4-11H2,1-3H3,(H,16,18). The lowest BCUT2D eigenvalue weighted by molar-refractivity contribution is -0.166. The molecule has 0 aromatic carbocycles. The largest absolute Gasteiger partial charge is 0.469 e. The molecule has 0 aliphatic carbocycles. The fourth-order valence-electron chi connectivity index (χ4n) is 1.78. The van der Waals surface area contributed by atoms with Crippen molar-refractivity contribution < 1.29 is 24.3 Å². The molecule has 0 aliphatic heterocycles. The Bertz CT molecular complexity index is 358. The van der Waals surface area contributed by atoms with Crippen LogP contribution in [0.2, 0.25) is 0 Å². The molecule has 0 rings (SSSR count). The molecule has 0 saturated heterocycles. The first-order valence-electron chi connectivity index (χ1n) is 7.69. The van der Waals surface area contributed by atoms with Crippen molar-refractivity contribution in [2.75, 3.05) is 20.2 Å². The van der Waals surface area contributed by atoms with Gasteiger partial charge in [-0.05, 0) is 25.2 Å². The molecule has 0 aliphatic rings. The number of carbonyl (C=O) groups is 3. The first-order valence-corrected chi connectivity index (χ1v) is 7.69. The summed E-state index contributed by atoms with van der Waals surface area (Å²) in [5.74, 6) is -0.612. The Morgan fingerprint density at radius 2 is 1.82 bits per heavy atom. The summed E-state index contributed by atoms with van der Waals surface area (Å²) in [4.78, 5) is 33.7. The molecule has 7 heteroatoms. The van der Waals surface area contributed by atoms with Crippen molar-refractivity contribution in [3.05, 3.63) is 0 Å². The number of esters is 1. The number of carbonyl (C=O) groups excluding carboxylic acids is 3.